The Morgan fingerprint density at radius 1 is 1.03 bits per heavy atom. The Labute approximate surface area is 190 Å². The minimum atomic E-state index is -0.337. The fraction of sp³-hybridized carbons (Fsp3) is 0.174. The molecular weight excluding hydrogens is 437 g/mol. The molecule has 3 rings (SSSR count). The summed E-state index contributed by atoms with van der Waals surface area (Å²) >= 11 is 11.8. The second-order valence-electron chi connectivity index (χ2n) is 6.56. The van der Waals surface area contributed by atoms with Gasteiger partial charge in [0.2, 0.25) is 5.91 Å². The zero-order valence-corrected chi connectivity index (χ0v) is 18.3. The van der Waals surface area contributed by atoms with Gasteiger partial charge in [-0.15, -0.1) is 0 Å². The van der Waals surface area contributed by atoms with Gasteiger partial charge in [0.1, 0.15) is 5.75 Å². The summed E-state index contributed by atoms with van der Waals surface area (Å²) < 4.78 is 5.66. The van der Waals surface area contributed by atoms with Gasteiger partial charge in [-0.1, -0.05) is 47.5 Å². The molecule has 0 saturated heterocycles. The predicted molar refractivity (Wildman–Crippen MR) is 124 cm³/mol. The fourth-order valence-corrected chi connectivity index (χ4v) is 3.25. The Balaban J connectivity index is 1.53. The minimum absolute atomic E-state index is 0.0778. The summed E-state index contributed by atoms with van der Waals surface area (Å²) in [7, 11) is 0. The topological polar surface area (TPSA) is 79.8 Å². The van der Waals surface area contributed by atoms with E-state index in [1.165, 1.54) is 6.07 Å². The van der Waals surface area contributed by atoms with Gasteiger partial charge >= 0.3 is 0 Å². The molecule has 0 radical (unpaired) electrons. The van der Waals surface area contributed by atoms with Crippen molar-refractivity contribution < 1.29 is 14.3 Å². The predicted octanol–water partition coefficient (Wildman–Crippen LogP) is 4.82. The number of nitrogens with one attached hydrogen (secondary N) is 2. The van der Waals surface area contributed by atoms with Crippen molar-refractivity contribution in [1.29, 1.82) is 0 Å². The van der Waals surface area contributed by atoms with Crippen LogP contribution in [0, 0.1) is 0 Å². The highest BCUT2D eigenvalue weighted by Crippen LogP contribution is 2.27. The summed E-state index contributed by atoms with van der Waals surface area (Å²) in [5.41, 5.74) is 3.70. The minimum Gasteiger partial charge on any atom is -0.493 e. The first-order valence-electron chi connectivity index (χ1n) is 9.69. The van der Waals surface area contributed by atoms with Crippen LogP contribution in [-0.2, 0) is 4.79 Å². The van der Waals surface area contributed by atoms with Crippen LogP contribution in [0.3, 0.4) is 0 Å². The van der Waals surface area contributed by atoms with Gasteiger partial charge in [0.25, 0.3) is 5.91 Å². The zero-order chi connectivity index (χ0) is 22.2. The van der Waals surface area contributed by atoms with Crippen molar-refractivity contribution in [2.75, 3.05) is 13.2 Å². The van der Waals surface area contributed by atoms with Crippen molar-refractivity contribution in [3.63, 3.8) is 0 Å². The molecule has 0 bridgehead atoms. The molecule has 0 aliphatic carbocycles. The second-order valence-corrected chi connectivity index (χ2v) is 7.37. The van der Waals surface area contributed by atoms with Gasteiger partial charge in [-0.25, -0.2) is 5.43 Å². The van der Waals surface area contributed by atoms with Crippen LogP contribution in [0.5, 0.6) is 5.75 Å². The quantitative estimate of drug-likeness (QED) is 0.376. The maximum atomic E-state index is 12.1. The summed E-state index contributed by atoms with van der Waals surface area (Å²) in [6.07, 6.45) is 1.67. The average molecular weight is 458 g/mol. The molecule has 2 N–H and O–H groups in total. The van der Waals surface area contributed by atoms with Crippen molar-refractivity contribution in [3.05, 3.63) is 75.8 Å². The van der Waals surface area contributed by atoms with Crippen LogP contribution in [-0.4, -0.2) is 31.2 Å². The molecule has 0 aromatic heterocycles. The summed E-state index contributed by atoms with van der Waals surface area (Å²) in [5, 5.41) is 9.31. The highest BCUT2D eigenvalue weighted by Gasteiger charge is 2.09. The lowest BCUT2D eigenvalue weighted by Gasteiger charge is -2.09. The van der Waals surface area contributed by atoms with Gasteiger partial charge in [-0.2, -0.15) is 5.10 Å². The summed E-state index contributed by atoms with van der Waals surface area (Å²) in [6.45, 7) is 2.67. The first-order chi connectivity index (χ1) is 15.0. The molecule has 8 heteroatoms. The van der Waals surface area contributed by atoms with Gasteiger partial charge in [-0.05, 0) is 42.6 Å². The van der Waals surface area contributed by atoms with Crippen LogP contribution < -0.4 is 15.5 Å². The number of rotatable bonds is 8. The molecule has 0 fully saturated rings. The number of nitrogens with zero attached hydrogens (tertiary/aromatic N) is 1. The van der Waals surface area contributed by atoms with Crippen molar-refractivity contribution in [1.82, 2.24) is 10.7 Å². The second kappa shape index (κ2) is 10.8. The number of fused-ring (bicyclic) bond motifs is 1. The van der Waals surface area contributed by atoms with E-state index >= 15 is 0 Å². The van der Waals surface area contributed by atoms with Gasteiger partial charge < -0.3 is 10.1 Å². The molecule has 3 aromatic rings. The van der Waals surface area contributed by atoms with Crippen molar-refractivity contribution >= 4 is 52.0 Å². The van der Waals surface area contributed by atoms with E-state index in [9.17, 15) is 9.59 Å². The third-order valence-corrected chi connectivity index (χ3v) is 5.17. The Bertz CT molecular complexity index is 1130. The van der Waals surface area contributed by atoms with Crippen molar-refractivity contribution in [3.8, 4) is 5.75 Å². The molecule has 160 valence electrons. The van der Waals surface area contributed by atoms with Gasteiger partial charge in [0.15, 0.2) is 0 Å². The summed E-state index contributed by atoms with van der Waals surface area (Å²) in [4.78, 5) is 24.1. The largest absolute Gasteiger partial charge is 0.493 e. The van der Waals surface area contributed by atoms with E-state index in [1.807, 2.05) is 43.3 Å². The first-order valence-corrected chi connectivity index (χ1v) is 10.4. The fourth-order valence-electron chi connectivity index (χ4n) is 2.95. The molecule has 0 unspecified atom stereocenters. The SMILES string of the molecule is CCOc1ccc(C=NNC(=O)CCNC(=O)c2ccc(Cl)c(Cl)c2)c2ccccc12. The third-order valence-electron chi connectivity index (χ3n) is 4.43. The van der Waals surface area contributed by atoms with E-state index in [-0.39, 0.29) is 24.8 Å². The number of carbonyl (C=O) groups excluding carboxylic acids is 2. The molecule has 0 saturated carbocycles. The molecule has 31 heavy (non-hydrogen) atoms. The zero-order valence-electron chi connectivity index (χ0n) is 16.8. The van der Waals surface area contributed by atoms with E-state index in [0.717, 1.165) is 22.1 Å². The van der Waals surface area contributed by atoms with E-state index < -0.39 is 0 Å². The van der Waals surface area contributed by atoms with Crippen LogP contribution >= 0.6 is 23.2 Å². The lowest BCUT2D eigenvalue weighted by atomic mass is 10.0. The third kappa shape index (κ3) is 5.96. The maximum absolute atomic E-state index is 12.1. The van der Waals surface area contributed by atoms with E-state index in [4.69, 9.17) is 27.9 Å². The lowest BCUT2D eigenvalue weighted by Crippen LogP contribution is -2.29. The maximum Gasteiger partial charge on any atom is 0.251 e. The Morgan fingerprint density at radius 3 is 2.55 bits per heavy atom. The number of carbonyl (C=O) groups is 2. The normalized spacial score (nSPS) is 10.9. The van der Waals surface area contributed by atoms with Crippen molar-refractivity contribution in [2.45, 2.75) is 13.3 Å². The van der Waals surface area contributed by atoms with Crippen LogP contribution in [0.1, 0.15) is 29.3 Å². The molecule has 6 nitrogen and oxygen atoms in total. The Kier molecular flexibility index (Phi) is 7.87. The number of amides is 2. The Morgan fingerprint density at radius 2 is 1.81 bits per heavy atom. The number of hydrazone groups is 1. The van der Waals surface area contributed by atoms with Crippen LogP contribution in [0.2, 0.25) is 10.0 Å². The van der Waals surface area contributed by atoms with Crippen LogP contribution in [0.25, 0.3) is 10.8 Å². The molecule has 0 aliphatic heterocycles. The molecule has 0 spiro atoms. The van der Waals surface area contributed by atoms with Crippen LogP contribution in [0.15, 0.2) is 59.7 Å². The molecule has 0 heterocycles. The number of hydrogen-bond donors (Lipinski definition) is 2. The van der Waals surface area contributed by atoms with Crippen molar-refractivity contribution in [2.24, 2.45) is 5.10 Å². The van der Waals surface area contributed by atoms with E-state index in [0.29, 0.717) is 22.2 Å². The number of ether oxygens (including phenoxy) is 1. The molecular formula is C23H21Cl2N3O3. The first kappa shape index (κ1) is 22.6. The van der Waals surface area contributed by atoms with Gasteiger partial charge in [0.05, 0.1) is 22.9 Å². The standard InChI is InChI=1S/C23H21Cl2N3O3/c1-2-31-21-10-8-16(17-5-3-4-6-18(17)21)14-27-28-22(29)11-12-26-23(30)15-7-9-19(24)20(25)13-15/h3-10,13-14H,2,11-12H2,1H3,(H,26,30)(H,28,29). The molecule has 0 aliphatic rings. The molecule has 3 aromatic carbocycles. The molecule has 2 amide bonds. The summed E-state index contributed by atoms with van der Waals surface area (Å²) in [6, 6.07) is 16.2. The highest BCUT2D eigenvalue weighted by molar-refractivity contribution is 6.42. The monoisotopic (exact) mass is 457 g/mol. The van der Waals surface area contributed by atoms with E-state index in [2.05, 4.69) is 15.8 Å². The Hall–Kier alpha value is -3.09. The lowest BCUT2D eigenvalue weighted by molar-refractivity contribution is -0.120. The summed E-state index contributed by atoms with van der Waals surface area (Å²) in [5.74, 6) is 0.147. The number of hydrogen-bond acceptors (Lipinski definition) is 4. The molecule has 0 atom stereocenters. The smallest absolute Gasteiger partial charge is 0.251 e. The number of halogens is 2. The van der Waals surface area contributed by atoms with Gasteiger partial charge in [-0.3, -0.25) is 9.59 Å². The van der Waals surface area contributed by atoms with Gasteiger partial charge in [0, 0.05) is 29.5 Å². The van der Waals surface area contributed by atoms with Crippen LogP contribution in [0.4, 0.5) is 0 Å². The van der Waals surface area contributed by atoms with E-state index in [1.54, 1.807) is 18.3 Å². The average Bonchev–Trinajstić information content (AvgIpc) is 2.77. The highest BCUT2D eigenvalue weighted by atomic mass is 35.5. The number of benzene rings is 3.